The van der Waals surface area contributed by atoms with Gasteiger partial charge in [0.25, 0.3) is 0 Å². The molecule has 27 heavy (non-hydrogen) atoms. The largest absolute Gasteiger partial charge is 0.351 e. The Morgan fingerprint density at radius 3 is 2.93 bits per heavy atom. The number of aromatic nitrogens is 1. The number of fused-ring (bicyclic) bond motifs is 1. The molecule has 1 aromatic carbocycles. The fraction of sp³-hybridized carbons (Fsp3) is 0.450. The molecule has 7 heteroatoms. The highest BCUT2D eigenvalue weighted by atomic mass is 16.5. The zero-order chi connectivity index (χ0) is 18.8. The molecule has 0 radical (unpaired) electrons. The van der Waals surface area contributed by atoms with Gasteiger partial charge in [0.05, 0.1) is 24.6 Å². The molecule has 2 aromatic rings. The summed E-state index contributed by atoms with van der Waals surface area (Å²) in [7, 11) is 0. The lowest BCUT2D eigenvalue weighted by molar-refractivity contribution is -0.140. The number of benzene rings is 1. The minimum atomic E-state index is -0.618. The first-order valence-corrected chi connectivity index (χ1v) is 9.34. The summed E-state index contributed by atoms with van der Waals surface area (Å²) < 4.78 is 7.85. The van der Waals surface area contributed by atoms with Crippen LogP contribution in [-0.4, -0.2) is 57.6 Å². The monoisotopic (exact) mass is 367 g/mol. The van der Waals surface area contributed by atoms with Gasteiger partial charge in [-0.1, -0.05) is 12.1 Å². The van der Waals surface area contributed by atoms with Gasteiger partial charge in [-0.25, -0.2) is 0 Å². The number of para-hydroxylation sites is 1. The third-order valence-corrected chi connectivity index (χ3v) is 6.24. The lowest BCUT2D eigenvalue weighted by Gasteiger charge is -2.31. The summed E-state index contributed by atoms with van der Waals surface area (Å²) in [6.45, 7) is 3.72. The molecule has 0 saturated carbocycles. The van der Waals surface area contributed by atoms with Crippen molar-refractivity contribution in [3.63, 3.8) is 0 Å². The Kier molecular flexibility index (Phi) is 3.46. The summed E-state index contributed by atoms with van der Waals surface area (Å²) in [5, 5.41) is 0.607. The Labute approximate surface area is 156 Å². The molecule has 7 nitrogen and oxygen atoms in total. The van der Waals surface area contributed by atoms with E-state index in [4.69, 9.17) is 4.74 Å². The molecule has 3 fully saturated rings. The highest BCUT2D eigenvalue weighted by molar-refractivity contribution is 5.86. The third-order valence-electron chi connectivity index (χ3n) is 6.24. The second-order valence-corrected chi connectivity index (χ2v) is 7.55. The van der Waals surface area contributed by atoms with Gasteiger partial charge in [0.15, 0.2) is 11.2 Å². The van der Waals surface area contributed by atoms with E-state index in [1.54, 1.807) is 17.0 Å². The molecule has 0 unspecified atom stereocenters. The molecular formula is C20H21N3O4. The van der Waals surface area contributed by atoms with Gasteiger partial charge in [0.1, 0.15) is 6.54 Å². The van der Waals surface area contributed by atoms with E-state index < -0.39 is 5.72 Å². The SMILES string of the molecule is Cc1cc(=O)c2ccccc2n1CC(=O)N1CC[C@@]23OCCN2C(=O)C[C@@H]13. The number of pyridine rings is 1. The van der Waals surface area contributed by atoms with Crippen molar-refractivity contribution in [2.75, 3.05) is 19.7 Å². The number of rotatable bonds is 2. The van der Waals surface area contributed by atoms with Gasteiger partial charge in [-0.2, -0.15) is 0 Å². The normalized spacial score (nSPS) is 26.7. The molecule has 0 bridgehead atoms. The maximum Gasteiger partial charge on any atom is 0.242 e. The van der Waals surface area contributed by atoms with E-state index in [0.29, 0.717) is 37.9 Å². The summed E-state index contributed by atoms with van der Waals surface area (Å²) in [6.07, 6.45) is 0.995. The Morgan fingerprint density at radius 2 is 2.07 bits per heavy atom. The number of aryl methyl sites for hydroxylation is 1. The van der Waals surface area contributed by atoms with Crippen LogP contribution in [0.1, 0.15) is 18.5 Å². The van der Waals surface area contributed by atoms with Gasteiger partial charge in [0, 0.05) is 36.7 Å². The Balaban J connectivity index is 1.48. The highest BCUT2D eigenvalue weighted by Gasteiger charge is 2.62. The Bertz CT molecular complexity index is 1030. The fourth-order valence-electron chi connectivity index (χ4n) is 4.98. The highest BCUT2D eigenvalue weighted by Crippen LogP contribution is 2.45. The molecule has 3 saturated heterocycles. The lowest BCUT2D eigenvalue weighted by Crippen LogP contribution is -2.49. The Morgan fingerprint density at radius 1 is 1.26 bits per heavy atom. The molecule has 0 N–H and O–H groups in total. The van der Waals surface area contributed by atoms with Crippen molar-refractivity contribution < 1.29 is 14.3 Å². The zero-order valence-corrected chi connectivity index (χ0v) is 15.2. The van der Waals surface area contributed by atoms with Gasteiger partial charge < -0.3 is 19.1 Å². The van der Waals surface area contributed by atoms with Crippen LogP contribution in [0.3, 0.4) is 0 Å². The van der Waals surface area contributed by atoms with E-state index in [9.17, 15) is 14.4 Å². The molecule has 4 heterocycles. The van der Waals surface area contributed by atoms with Crippen molar-refractivity contribution >= 4 is 22.7 Å². The lowest BCUT2D eigenvalue weighted by atomic mass is 10.1. The number of carbonyl (C=O) groups excluding carboxylic acids is 2. The van der Waals surface area contributed by atoms with Crippen molar-refractivity contribution in [1.29, 1.82) is 0 Å². The first kappa shape index (κ1) is 16.5. The summed E-state index contributed by atoms with van der Waals surface area (Å²) in [5.74, 6) is 0.0268. The zero-order valence-electron chi connectivity index (χ0n) is 15.2. The van der Waals surface area contributed by atoms with Crippen molar-refractivity contribution in [3.05, 3.63) is 46.2 Å². The van der Waals surface area contributed by atoms with Crippen LogP contribution < -0.4 is 5.43 Å². The third kappa shape index (κ3) is 2.21. The van der Waals surface area contributed by atoms with Crippen molar-refractivity contribution in [3.8, 4) is 0 Å². The minimum Gasteiger partial charge on any atom is -0.351 e. The van der Waals surface area contributed by atoms with Crippen molar-refractivity contribution in [2.45, 2.75) is 38.1 Å². The number of amides is 2. The molecule has 2 atom stereocenters. The second kappa shape index (κ2) is 5.66. The molecule has 2 amide bonds. The van der Waals surface area contributed by atoms with Crippen LogP contribution in [0, 0.1) is 6.92 Å². The molecule has 140 valence electrons. The maximum absolute atomic E-state index is 13.2. The van der Waals surface area contributed by atoms with Gasteiger partial charge >= 0.3 is 0 Å². The predicted molar refractivity (Wildman–Crippen MR) is 98.1 cm³/mol. The van der Waals surface area contributed by atoms with Crippen LogP contribution in [-0.2, 0) is 20.9 Å². The van der Waals surface area contributed by atoms with Gasteiger partial charge in [0.2, 0.25) is 11.8 Å². The van der Waals surface area contributed by atoms with E-state index in [1.165, 1.54) is 0 Å². The predicted octanol–water partition coefficient (Wildman–Crippen LogP) is 0.870. The number of likely N-dealkylation sites (tertiary alicyclic amines) is 1. The first-order chi connectivity index (χ1) is 13.0. The number of nitrogens with zero attached hydrogens (tertiary/aromatic N) is 3. The molecule has 1 aromatic heterocycles. The molecular weight excluding hydrogens is 346 g/mol. The minimum absolute atomic E-state index is 0.0386. The van der Waals surface area contributed by atoms with E-state index in [0.717, 1.165) is 11.2 Å². The number of hydrogen-bond acceptors (Lipinski definition) is 4. The number of hydrogen-bond donors (Lipinski definition) is 0. The molecule has 3 aliphatic heterocycles. The number of ether oxygens (including phenoxy) is 1. The first-order valence-electron chi connectivity index (χ1n) is 9.34. The summed E-state index contributed by atoms with van der Waals surface area (Å²) in [4.78, 5) is 41.3. The number of carbonyl (C=O) groups is 2. The summed E-state index contributed by atoms with van der Waals surface area (Å²) in [5.41, 5.74) is 0.851. The second-order valence-electron chi connectivity index (χ2n) is 7.55. The fourth-order valence-corrected chi connectivity index (χ4v) is 4.98. The van der Waals surface area contributed by atoms with Gasteiger partial charge in [-0.05, 0) is 19.1 Å². The van der Waals surface area contributed by atoms with Crippen LogP contribution in [0.2, 0.25) is 0 Å². The maximum atomic E-state index is 13.2. The van der Waals surface area contributed by atoms with Gasteiger partial charge in [-0.3, -0.25) is 14.4 Å². The van der Waals surface area contributed by atoms with Crippen LogP contribution in [0.25, 0.3) is 10.9 Å². The van der Waals surface area contributed by atoms with E-state index >= 15 is 0 Å². The standard InChI is InChI=1S/C20H21N3O4/c1-13-10-16(24)14-4-2-3-5-15(14)22(13)12-19(26)21-7-6-20-17(21)11-18(25)23(20)8-9-27-20/h2-5,10,17H,6-9,11-12H2,1H3/t17-,20+/m1/s1. The quantitative estimate of drug-likeness (QED) is 0.790. The molecule has 3 aliphatic rings. The molecule has 0 aliphatic carbocycles. The summed E-state index contributed by atoms with van der Waals surface area (Å²) in [6, 6.07) is 8.69. The van der Waals surface area contributed by atoms with Crippen LogP contribution in [0.15, 0.2) is 35.1 Å². The summed E-state index contributed by atoms with van der Waals surface area (Å²) >= 11 is 0. The van der Waals surface area contributed by atoms with E-state index in [1.807, 2.05) is 34.6 Å². The van der Waals surface area contributed by atoms with Crippen molar-refractivity contribution in [1.82, 2.24) is 14.4 Å². The Hall–Kier alpha value is -2.67. The molecule has 5 rings (SSSR count). The smallest absolute Gasteiger partial charge is 0.242 e. The molecule has 1 spiro atoms. The van der Waals surface area contributed by atoms with E-state index in [2.05, 4.69) is 0 Å². The van der Waals surface area contributed by atoms with Crippen LogP contribution in [0.5, 0.6) is 0 Å². The van der Waals surface area contributed by atoms with E-state index in [-0.39, 0.29) is 29.8 Å². The van der Waals surface area contributed by atoms with Gasteiger partial charge in [-0.15, -0.1) is 0 Å². The average Bonchev–Trinajstić information content (AvgIpc) is 3.29. The van der Waals surface area contributed by atoms with Crippen LogP contribution in [0.4, 0.5) is 0 Å². The topological polar surface area (TPSA) is 71.9 Å². The van der Waals surface area contributed by atoms with Crippen molar-refractivity contribution in [2.24, 2.45) is 0 Å². The average molecular weight is 367 g/mol. The van der Waals surface area contributed by atoms with Crippen LogP contribution >= 0.6 is 0 Å².